The number of carbonyl (C=O) groups excluding carboxylic acids is 2. The number of anilines is 1. The summed E-state index contributed by atoms with van der Waals surface area (Å²) in [6.45, 7) is 2.21. The molecule has 0 radical (unpaired) electrons. The lowest BCUT2D eigenvalue weighted by Gasteiger charge is -2.16. The number of hydrogen-bond donors (Lipinski definition) is 0. The molecule has 6 nitrogen and oxygen atoms in total. The fraction of sp³-hybridized carbons (Fsp3) is 0.304. The second kappa shape index (κ2) is 10.8. The van der Waals surface area contributed by atoms with Crippen molar-refractivity contribution in [3.63, 3.8) is 0 Å². The fourth-order valence-corrected chi connectivity index (χ4v) is 3.12. The van der Waals surface area contributed by atoms with E-state index in [2.05, 4.69) is 15.9 Å². The summed E-state index contributed by atoms with van der Waals surface area (Å²) in [4.78, 5) is 27.8. The third-order valence-electron chi connectivity index (χ3n) is 4.27. The molecule has 0 unspecified atom stereocenters. The van der Waals surface area contributed by atoms with Gasteiger partial charge in [-0.2, -0.15) is 0 Å². The number of ether oxygens (including phenoxy) is 2. The van der Waals surface area contributed by atoms with Gasteiger partial charge in [0.15, 0.2) is 23.9 Å². The van der Waals surface area contributed by atoms with Crippen LogP contribution in [0.15, 0.2) is 46.9 Å². The average Bonchev–Trinajstić information content (AvgIpc) is 2.71. The molecule has 1 amide bonds. The Bertz CT molecular complexity index is 922. The number of nitrogens with zero attached hydrogens (tertiary/aromatic N) is 2. The highest BCUT2D eigenvalue weighted by atomic mass is 79.9. The molecule has 30 heavy (non-hydrogen) atoms. The van der Waals surface area contributed by atoms with Crippen molar-refractivity contribution < 1.29 is 19.1 Å². The van der Waals surface area contributed by atoms with Crippen LogP contribution in [0.4, 0.5) is 5.69 Å². The van der Waals surface area contributed by atoms with E-state index in [-0.39, 0.29) is 18.3 Å². The van der Waals surface area contributed by atoms with Crippen LogP contribution in [-0.2, 0) is 4.79 Å². The van der Waals surface area contributed by atoms with Crippen LogP contribution < -0.4 is 14.4 Å². The number of likely N-dealkylation sites (N-methyl/N-ethyl adjacent to an activating group) is 1. The minimum Gasteiger partial charge on any atom is -0.490 e. The highest BCUT2D eigenvalue weighted by Gasteiger charge is 2.14. The molecule has 2 aromatic rings. The fourth-order valence-electron chi connectivity index (χ4n) is 2.54. The predicted octanol–water partition coefficient (Wildman–Crippen LogP) is 4.28. The second-order valence-corrected chi connectivity index (χ2v) is 7.83. The minimum atomic E-state index is -0.154. The number of halogens is 1. The van der Waals surface area contributed by atoms with E-state index in [9.17, 15) is 9.59 Å². The molecule has 0 aliphatic carbocycles. The number of hydrogen-bond acceptors (Lipinski definition) is 5. The SMILES string of the molecule is CCOc1cc(C=CC(=O)c2ccc(N(C)C)cc2)cc(Br)c1OCC(=O)N(C)C. The molecule has 0 atom stereocenters. The van der Waals surface area contributed by atoms with Crippen molar-refractivity contribution >= 4 is 39.4 Å². The van der Waals surface area contributed by atoms with Gasteiger partial charge in [-0.1, -0.05) is 6.08 Å². The number of amides is 1. The Hall–Kier alpha value is -2.80. The van der Waals surface area contributed by atoms with E-state index in [0.29, 0.717) is 28.1 Å². The Morgan fingerprint density at radius 3 is 2.27 bits per heavy atom. The lowest BCUT2D eigenvalue weighted by molar-refractivity contribution is -0.130. The largest absolute Gasteiger partial charge is 0.490 e. The van der Waals surface area contributed by atoms with Crippen LogP contribution in [0.25, 0.3) is 6.08 Å². The topological polar surface area (TPSA) is 59.1 Å². The summed E-state index contributed by atoms with van der Waals surface area (Å²) in [5, 5.41) is 0. The first kappa shape index (κ1) is 23.5. The quantitative estimate of drug-likeness (QED) is 0.401. The predicted molar refractivity (Wildman–Crippen MR) is 124 cm³/mol. The molecule has 0 bridgehead atoms. The Morgan fingerprint density at radius 2 is 1.70 bits per heavy atom. The van der Waals surface area contributed by atoms with Crippen molar-refractivity contribution in [3.8, 4) is 11.5 Å². The van der Waals surface area contributed by atoms with Crippen LogP contribution in [0.2, 0.25) is 0 Å². The average molecular weight is 475 g/mol. The zero-order valence-electron chi connectivity index (χ0n) is 17.9. The van der Waals surface area contributed by atoms with E-state index < -0.39 is 0 Å². The Balaban J connectivity index is 2.20. The van der Waals surface area contributed by atoms with E-state index >= 15 is 0 Å². The van der Waals surface area contributed by atoms with Crippen LogP contribution in [0.1, 0.15) is 22.8 Å². The molecule has 0 aromatic heterocycles. The molecule has 2 aromatic carbocycles. The Labute approximate surface area is 186 Å². The van der Waals surface area contributed by atoms with Crippen LogP contribution in [0.5, 0.6) is 11.5 Å². The lowest BCUT2D eigenvalue weighted by Crippen LogP contribution is -2.27. The third kappa shape index (κ3) is 6.35. The van der Waals surface area contributed by atoms with Crippen LogP contribution >= 0.6 is 15.9 Å². The van der Waals surface area contributed by atoms with Crippen molar-refractivity contribution in [2.24, 2.45) is 0 Å². The standard InChI is InChI=1S/C23H27BrN2O4/c1-6-29-21-14-16(13-19(24)23(21)30-15-22(28)26(4)5)7-12-20(27)17-8-10-18(11-9-17)25(2)3/h7-14H,6,15H2,1-5H3. The number of benzene rings is 2. The summed E-state index contributed by atoms with van der Waals surface area (Å²) in [6.07, 6.45) is 3.25. The molecule has 0 spiro atoms. The van der Waals surface area contributed by atoms with Crippen molar-refractivity contribution in [2.75, 3.05) is 46.3 Å². The molecule has 0 saturated heterocycles. The van der Waals surface area contributed by atoms with E-state index in [4.69, 9.17) is 9.47 Å². The van der Waals surface area contributed by atoms with E-state index in [1.807, 2.05) is 56.3 Å². The normalized spacial score (nSPS) is 10.7. The molecule has 0 N–H and O–H groups in total. The van der Waals surface area contributed by atoms with Crippen molar-refractivity contribution in [2.45, 2.75) is 6.92 Å². The summed E-state index contributed by atoms with van der Waals surface area (Å²) in [6, 6.07) is 11.0. The molecule has 160 valence electrons. The maximum atomic E-state index is 12.5. The highest BCUT2D eigenvalue weighted by molar-refractivity contribution is 9.10. The van der Waals surface area contributed by atoms with Crippen LogP contribution in [0.3, 0.4) is 0 Å². The van der Waals surface area contributed by atoms with Gasteiger partial charge in [-0.3, -0.25) is 9.59 Å². The van der Waals surface area contributed by atoms with Gasteiger partial charge in [-0.25, -0.2) is 0 Å². The minimum absolute atomic E-state index is 0.0914. The van der Waals surface area contributed by atoms with Crippen LogP contribution in [-0.4, -0.2) is 58.0 Å². The monoisotopic (exact) mass is 474 g/mol. The summed E-state index contributed by atoms with van der Waals surface area (Å²) < 4.78 is 12.0. The van der Waals surface area contributed by atoms with Crippen molar-refractivity contribution in [1.82, 2.24) is 4.90 Å². The summed E-state index contributed by atoms with van der Waals surface area (Å²) in [7, 11) is 7.25. The maximum absolute atomic E-state index is 12.5. The first-order valence-electron chi connectivity index (χ1n) is 9.52. The van der Waals surface area contributed by atoms with Crippen molar-refractivity contribution in [1.29, 1.82) is 0 Å². The van der Waals surface area contributed by atoms with Gasteiger partial charge in [-0.05, 0) is 70.9 Å². The van der Waals surface area contributed by atoms with Gasteiger partial charge in [0, 0.05) is 39.4 Å². The Kier molecular flexibility index (Phi) is 8.47. The van der Waals surface area contributed by atoms with Gasteiger partial charge in [0.25, 0.3) is 5.91 Å². The van der Waals surface area contributed by atoms with Gasteiger partial charge in [0.1, 0.15) is 0 Å². The van der Waals surface area contributed by atoms with Crippen LogP contribution in [0, 0.1) is 0 Å². The highest BCUT2D eigenvalue weighted by Crippen LogP contribution is 2.37. The zero-order chi connectivity index (χ0) is 22.3. The Morgan fingerprint density at radius 1 is 1.03 bits per heavy atom. The number of carbonyl (C=O) groups is 2. The first-order valence-corrected chi connectivity index (χ1v) is 10.3. The second-order valence-electron chi connectivity index (χ2n) is 6.98. The smallest absolute Gasteiger partial charge is 0.259 e. The summed E-state index contributed by atoms with van der Waals surface area (Å²) in [5.74, 6) is 0.709. The number of allylic oxidation sites excluding steroid dienone is 1. The van der Waals surface area contributed by atoms with E-state index in [0.717, 1.165) is 11.3 Å². The van der Waals surface area contributed by atoms with Gasteiger partial charge in [0.05, 0.1) is 11.1 Å². The van der Waals surface area contributed by atoms with Gasteiger partial charge in [0.2, 0.25) is 0 Å². The number of rotatable bonds is 9. The zero-order valence-corrected chi connectivity index (χ0v) is 19.5. The van der Waals surface area contributed by atoms with Crippen molar-refractivity contribution in [3.05, 3.63) is 58.1 Å². The molecular weight excluding hydrogens is 448 g/mol. The summed E-state index contributed by atoms with van der Waals surface area (Å²) in [5.41, 5.74) is 2.42. The molecule has 0 aliphatic rings. The lowest BCUT2D eigenvalue weighted by atomic mass is 10.1. The van der Waals surface area contributed by atoms with Gasteiger partial charge >= 0.3 is 0 Å². The molecular formula is C23H27BrN2O4. The third-order valence-corrected chi connectivity index (χ3v) is 4.85. The first-order chi connectivity index (χ1) is 14.2. The van der Waals surface area contributed by atoms with Gasteiger partial charge < -0.3 is 19.3 Å². The summed E-state index contributed by atoms with van der Waals surface area (Å²) >= 11 is 3.48. The molecule has 0 aliphatic heterocycles. The van der Waals surface area contributed by atoms with Gasteiger partial charge in [-0.15, -0.1) is 0 Å². The molecule has 7 heteroatoms. The molecule has 0 saturated carbocycles. The molecule has 0 fully saturated rings. The number of ketones is 1. The molecule has 2 rings (SSSR count). The van der Waals surface area contributed by atoms with E-state index in [1.165, 1.54) is 11.0 Å². The van der Waals surface area contributed by atoms with E-state index in [1.54, 1.807) is 26.2 Å². The maximum Gasteiger partial charge on any atom is 0.259 e. The molecule has 0 heterocycles.